The lowest BCUT2D eigenvalue weighted by Gasteiger charge is -2.34. The minimum atomic E-state index is -1.15. The number of ether oxygens (including phenoxy) is 1. The third-order valence-electron chi connectivity index (χ3n) is 10.6. The molecule has 5 aromatic rings. The van der Waals surface area contributed by atoms with Crippen LogP contribution in [0.25, 0.3) is 6.08 Å². The van der Waals surface area contributed by atoms with Gasteiger partial charge in [0, 0.05) is 54.9 Å². The van der Waals surface area contributed by atoms with Crippen molar-refractivity contribution in [3.8, 4) is 17.2 Å². The van der Waals surface area contributed by atoms with Crippen LogP contribution in [0.4, 0.5) is 5.82 Å². The average Bonchev–Trinajstić information content (AvgIpc) is 3.81. The predicted molar refractivity (Wildman–Crippen MR) is 202 cm³/mol. The number of benzene rings is 3. The summed E-state index contributed by atoms with van der Waals surface area (Å²) in [5.41, 5.74) is 7.03. The van der Waals surface area contributed by atoms with E-state index in [2.05, 4.69) is 15.3 Å². The molecule has 3 aromatic carbocycles. The largest absolute Gasteiger partial charge is 0.508 e. The number of anilines is 1. The van der Waals surface area contributed by atoms with Gasteiger partial charge in [-0.1, -0.05) is 36.4 Å². The van der Waals surface area contributed by atoms with Gasteiger partial charge in [-0.15, -0.1) is 0 Å². The van der Waals surface area contributed by atoms with E-state index in [-0.39, 0.29) is 59.6 Å². The second-order valence-corrected chi connectivity index (χ2v) is 14.2. The summed E-state index contributed by atoms with van der Waals surface area (Å²) in [6.45, 7) is 0.329. The third-order valence-corrected chi connectivity index (χ3v) is 10.6. The van der Waals surface area contributed by atoms with E-state index in [4.69, 9.17) is 4.74 Å². The van der Waals surface area contributed by atoms with Crippen molar-refractivity contribution < 1.29 is 34.8 Å². The summed E-state index contributed by atoms with van der Waals surface area (Å²) in [4.78, 5) is 34.6. The molecule has 0 unspecified atom stereocenters. The van der Waals surface area contributed by atoms with Crippen LogP contribution in [0.2, 0.25) is 0 Å². The molecule has 0 saturated heterocycles. The van der Waals surface area contributed by atoms with Crippen molar-refractivity contribution in [2.75, 3.05) is 19.0 Å². The van der Waals surface area contributed by atoms with Crippen LogP contribution in [0.1, 0.15) is 82.3 Å². The van der Waals surface area contributed by atoms with Gasteiger partial charge in [0.1, 0.15) is 29.2 Å². The van der Waals surface area contributed by atoms with Crippen molar-refractivity contribution >= 4 is 23.5 Å². The molecule has 4 bridgehead atoms. The highest BCUT2D eigenvalue weighted by Gasteiger charge is 2.38. The summed E-state index contributed by atoms with van der Waals surface area (Å²) >= 11 is 0. The van der Waals surface area contributed by atoms with Crippen LogP contribution >= 0.6 is 0 Å². The quantitative estimate of drug-likeness (QED) is 0.0978. The Balaban J connectivity index is 1.22. The number of Topliss-reactive ketones (excluding diaryl/α,β-unsaturated/α-hetero) is 2. The molecular weight excluding hydrogens is 670 g/mol. The number of phenols is 2. The number of carbonyl (C=O) groups is 2. The third kappa shape index (κ3) is 7.94. The molecule has 0 amide bonds. The Bertz CT molecular complexity index is 2150. The molecule has 0 saturated carbocycles. The molecular formula is C43H45N3O7. The van der Waals surface area contributed by atoms with E-state index in [1.807, 2.05) is 60.9 Å². The van der Waals surface area contributed by atoms with Gasteiger partial charge in [0.15, 0.2) is 11.5 Å². The lowest BCUT2D eigenvalue weighted by atomic mass is 9.71. The Hall–Kier alpha value is -5.58. The van der Waals surface area contributed by atoms with Crippen LogP contribution in [0.3, 0.4) is 0 Å². The molecule has 0 fully saturated rings. The number of nitrogens with one attached hydrogen (secondary N) is 3. The first-order valence-corrected chi connectivity index (χ1v) is 18.1. The fourth-order valence-corrected chi connectivity index (χ4v) is 7.92. The normalized spacial score (nSPS) is 19.7. The van der Waals surface area contributed by atoms with Gasteiger partial charge in [0.05, 0.1) is 19.6 Å². The topological polar surface area (TPSA) is 168 Å². The van der Waals surface area contributed by atoms with E-state index >= 15 is 0 Å². The number of aliphatic hydroxyl groups is 2. The molecule has 1 aliphatic heterocycles. The SMILES string of the molecule is COc1cc2cc(c1O)[C@H](O)c1cccc(c1)Cc1cc[nH]c1NCC1=Cc3[nH]ccc3[C@@H](C[C@H](O)CCc3cccc(O)c3)[C@@H]1C(=O)CC(=O)CC2. The molecule has 1 aliphatic carbocycles. The highest BCUT2D eigenvalue weighted by atomic mass is 16.5. The Morgan fingerprint density at radius 1 is 0.887 bits per heavy atom. The predicted octanol–water partition coefficient (Wildman–Crippen LogP) is 6.50. The first-order chi connectivity index (χ1) is 25.7. The van der Waals surface area contributed by atoms with E-state index in [9.17, 15) is 30.0 Å². The smallest absolute Gasteiger partial charge is 0.163 e. The zero-order valence-electron chi connectivity index (χ0n) is 29.6. The van der Waals surface area contributed by atoms with Crippen molar-refractivity contribution in [3.63, 3.8) is 0 Å². The van der Waals surface area contributed by atoms with Gasteiger partial charge in [-0.25, -0.2) is 0 Å². The van der Waals surface area contributed by atoms with Crippen molar-refractivity contribution in [2.45, 2.75) is 63.1 Å². The first-order valence-electron chi connectivity index (χ1n) is 18.1. The number of carbonyl (C=O) groups excluding carboxylic acids is 2. The number of rotatable bonds is 6. The van der Waals surface area contributed by atoms with Gasteiger partial charge in [-0.2, -0.15) is 0 Å². The van der Waals surface area contributed by atoms with Gasteiger partial charge in [0.2, 0.25) is 0 Å². The number of aromatic amines is 2. The molecule has 2 aliphatic rings. The minimum Gasteiger partial charge on any atom is -0.508 e. The number of hydrogen-bond acceptors (Lipinski definition) is 8. The maximum atomic E-state index is 14.4. The summed E-state index contributed by atoms with van der Waals surface area (Å²) in [5, 5.41) is 47.4. The molecule has 0 radical (unpaired) electrons. The van der Waals surface area contributed by atoms with Gasteiger partial charge < -0.3 is 40.4 Å². The Labute approximate surface area is 308 Å². The van der Waals surface area contributed by atoms with Crippen LogP contribution in [-0.2, 0) is 28.9 Å². The summed E-state index contributed by atoms with van der Waals surface area (Å²) in [6, 6.07) is 21.9. The highest BCUT2D eigenvalue weighted by Crippen LogP contribution is 2.43. The number of aromatic nitrogens is 2. The first kappa shape index (κ1) is 35.8. The number of aromatic hydroxyl groups is 2. The van der Waals surface area contributed by atoms with Crippen molar-refractivity contribution in [1.29, 1.82) is 0 Å². The molecule has 0 spiro atoms. The number of ketones is 2. The lowest BCUT2D eigenvalue weighted by Crippen LogP contribution is -2.33. The van der Waals surface area contributed by atoms with Crippen molar-refractivity contribution in [3.05, 3.63) is 135 Å². The van der Waals surface area contributed by atoms with Crippen LogP contribution in [0.5, 0.6) is 17.2 Å². The minimum absolute atomic E-state index is 0.0765. The lowest BCUT2D eigenvalue weighted by molar-refractivity contribution is -0.129. The number of H-pyrrole nitrogens is 2. The van der Waals surface area contributed by atoms with Gasteiger partial charge in [-0.05, 0) is 107 Å². The van der Waals surface area contributed by atoms with E-state index in [1.54, 1.807) is 30.3 Å². The number of aryl methyl sites for hydroxylation is 2. The summed E-state index contributed by atoms with van der Waals surface area (Å²) in [6.07, 6.45) is 5.74. The molecule has 10 heteroatoms. The average molecular weight is 716 g/mol. The standard InChI is InChI=1S/C43H45N3O7/c1-53-39-20-27-9-11-33(49)23-38(50)40-30(21-37-34(13-15-44-37)35(40)22-32(48)10-8-25-4-3-7-31(47)18-25)24-46-43-29(12-14-45-43)17-26-5-2-6-28(16-26)41(51)36(19-27)42(39)52/h2-7,12-16,18-21,32,35,40-41,44-48,51-52H,8-11,17,22-24H2,1H3/t32-,35-,40-,41-/m1/s1. The second kappa shape index (κ2) is 15.6. The van der Waals surface area contributed by atoms with Crippen molar-refractivity contribution in [2.24, 2.45) is 5.92 Å². The Kier molecular flexibility index (Phi) is 10.5. The van der Waals surface area contributed by atoms with E-state index in [1.165, 1.54) is 7.11 Å². The highest BCUT2D eigenvalue weighted by molar-refractivity contribution is 6.02. The van der Waals surface area contributed by atoms with Crippen LogP contribution < -0.4 is 10.1 Å². The van der Waals surface area contributed by atoms with E-state index in [0.29, 0.717) is 43.4 Å². The summed E-state index contributed by atoms with van der Waals surface area (Å²) < 4.78 is 5.45. The van der Waals surface area contributed by atoms with Crippen molar-refractivity contribution in [1.82, 2.24) is 9.97 Å². The number of aliphatic hydroxyl groups excluding tert-OH is 2. The molecule has 7 N–H and O–H groups in total. The maximum absolute atomic E-state index is 14.4. The number of fused-ring (bicyclic) bond motifs is 7. The number of methoxy groups -OCH3 is 1. The fourth-order valence-electron chi connectivity index (χ4n) is 7.92. The summed E-state index contributed by atoms with van der Waals surface area (Å²) in [5.74, 6) is -0.484. The van der Waals surface area contributed by atoms with Crippen LogP contribution in [0.15, 0.2) is 90.8 Å². The second-order valence-electron chi connectivity index (χ2n) is 14.2. The number of hydrogen-bond donors (Lipinski definition) is 7. The Morgan fingerprint density at radius 2 is 1.72 bits per heavy atom. The molecule has 7 rings (SSSR count). The zero-order valence-corrected chi connectivity index (χ0v) is 29.6. The monoisotopic (exact) mass is 715 g/mol. The van der Waals surface area contributed by atoms with Crippen LogP contribution in [0, 0.1) is 5.92 Å². The van der Waals surface area contributed by atoms with E-state index < -0.39 is 18.1 Å². The van der Waals surface area contributed by atoms with E-state index in [0.717, 1.165) is 39.3 Å². The number of phenolic OH excluding ortho intramolecular Hbond substituents is 2. The Morgan fingerprint density at radius 3 is 2.55 bits per heavy atom. The molecule has 53 heavy (non-hydrogen) atoms. The maximum Gasteiger partial charge on any atom is 0.163 e. The van der Waals surface area contributed by atoms with Gasteiger partial charge in [-0.3, -0.25) is 9.59 Å². The van der Waals surface area contributed by atoms with Crippen LogP contribution in [-0.4, -0.2) is 61.7 Å². The molecule has 274 valence electrons. The fraction of sp³-hybridized carbons (Fsp3) is 0.302. The van der Waals surface area contributed by atoms with Gasteiger partial charge >= 0.3 is 0 Å². The molecule has 4 atom stereocenters. The summed E-state index contributed by atoms with van der Waals surface area (Å²) in [7, 11) is 1.44. The molecule has 3 heterocycles. The molecule has 10 nitrogen and oxygen atoms in total. The zero-order chi connectivity index (χ0) is 37.1. The van der Waals surface area contributed by atoms with Gasteiger partial charge in [0.25, 0.3) is 0 Å². The molecule has 2 aromatic heterocycles.